The number of primary amides is 1. The van der Waals surface area contributed by atoms with E-state index >= 15 is 0 Å². The lowest BCUT2D eigenvalue weighted by atomic mass is 10.2. The molecule has 7 heteroatoms. The highest BCUT2D eigenvalue weighted by molar-refractivity contribution is 5.91. The third kappa shape index (κ3) is 6.01. The molecule has 0 aliphatic rings. The molecule has 0 aliphatic carbocycles. The third-order valence-corrected chi connectivity index (χ3v) is 4.83. The molecular weight excluding hydrogens is 416 g/mol. The van der Waals surface area contributed by atoms with Gasteiger partial charge in [0.2, 0.25) is 0 Å². The number of nitrogens with two attached hydrogens (primary N) is 1. The molecule has 0 radical (unpaired) electrons. The second-order valence-corrected chi connectivity index (χ2v) is 7.31. The molecule has 0 saturated carbocycles. The highest BCUT2D eigenvalue weighted by atomic mass is 16.5. The zero-order chi connectivity index (χ0) is 23.0. The van der Waals surface area contributed by atoms with Crippen LogP contribution in [0.1, 0.15) is 10.5 Å². The number of anilines is 2. The van der Waals surface area contributed by atoms with Crippen LogP contribution >= 0.6 is 0 Å². The first-order valence-corrected chi connectivity index (χ1v) is 10.4. The van der Waals surface area contributed by atoms with Crippen LogP contribution in [0.2, 0.25) is 0 Å². The number of ether oxygens (including phenoxy) is 2. The van der Waals surface area contributed by atoms with Crippen molar-refractivity contribution in [3.05, 3.63) is 103 Å². The van der Waals surface area contributed by atoms with Crippen LogP contribution in [-0.2, 0) is 0 Å². The minimum Gasteiger partial charge on any atom is -0.457 e. The molecule has 1 amide bonds. The molecule has 1 aromatic heterocycles. The highest BCUT2D eigenvalue weighted by Gasteiger charge is 2.06. The maximum atomic E-state index is 11.3. The number of rotatable bonds is 9. The number of amides is 1. The lowest BCUT2D eigenvalue weighted by Gasteiger charge is -2.21. The Morgan fingerprint density at radius 3 is 2.24 bits per heavy atom. The van der Waals surface area contributed by atoms with E-state index in [1.54, 1.807) is 6.07 Å². The van der Waals surface area contributed by atoms with Gasteiger partial charge < -0.3 is 25.4 Å². The second-order valence-electron chi connectivity index (χ2n) is 7.31. The Bertz CT molecular complexity index is 1210. The number of pyridine rings is 1. The van der Waals surface area contributed by atoms with Crippen LogP contribution in [0.15, 0.2) is 97.2 Å². The summed E-state index contributed by atoms with van der Waals surface area (Å²) in [4.78, 5) is 17.3. The molecule has 0 aliphatic heterocycles. The summed E-state index contributed by atoms with van der Waals surface area (Å²) in [7, 11) is 2.00. The van der Waals surface area contributed by atoms with E-state index in [0.29, 0.717) is 18.2 Å². The van der Waals surface area contributed by atoms with Crippen molar-refractivity contribution in [1.29, 1.82) is 0 Å². The summed E-state index contributed by atoms with van der Waals surface area (Å²) >= 11 is 0. The van der Waals surface area contributed by atoms with Gasteiger partial charge in [-0.25, -0.2) is 0 Å². The molecule has 3 N–H and O–H groups in total. The molecule has 1 heterocycles. The lowest BCUT2D eigenvalue weighted by molar-refractivity contribution is 0.0995. The zero-order valence-corrected chi connectivity index (χ0v) is 18.1. The van der Waals surface area contributed by atoms with Crippen molar-refractivity contribution in [1.82, 2.24) is 4.98 Å². The van der Waals surface area contributed by atoms with Crippen LogP contribution in [0, 0.1) is 0 Å². The van der Waals surface area contributed by atoms with Crippen LogP contribution < -0.4 is 25.4 Å². The van der Waals surface area contributed by atoms with Gasteiger partial charge in [-0.1, -0.05) is 24.3 Å². The SMILES string of the molecule is CN(CNc1cccc(Oc2ccccc2)c1)c1ccc(Oc2ccnc(C(N)=O)c2)cc1. The maximum Gasteiger partial charge on any atom is 0.267 e. The number of hydrogen-bond donors (Lipinski definition) is 2. The molecule has 0 fully saturated rings. The summed E-state index contributed by atoms with van der Waals surface area (Å²) < 4.78 is 11.7. The molecule has 3 aromatic carbocycles. The first-order chi connectivity index (χ1) is 16.1. The molecule has 0 unspecified atom stereocenters. The Hall–Kier alpha value is -4.52. The van der Waals surface area contributed by atoms with Crippen molar-refractivity contribution in [2.45, 2.75) is 0 Å². The maximum absolute atomic E-state index is 11.3. The predicted molar refractivity (Wildman–Crippen MR) is 129 cm³/mol. The van der Waals surface area contributed by atoms with Gasteiger partial charge in [-0.15, -0.1) is 0 Å². The second kappa shape index (κ2) is 10.2. The van der Waals surface area contributed by atoms with Crippen molar-refractivity contribution in [3.8, 4) is 23.0 Å². The van der Waals surface area contributed by atoms with Gasteiger partial charge in [0.15, 0.2) is 0 Å². The van der Waals surface area contributed by atoms with E-state index < -0.39 is 5.91 Å². The summed E-state index contributed by atoms with van der Waals surface area (Å²) in [5, 5.41) is 3.40. The standard InChI is InChI=1S/C26H24N4O3/c1-30(18-29-19-6-5-9-23(16-19)32-21-7-3-2-4-8-21)20-10-12-22(13-11-20)33-24-14-15-28-25(17-24)26(27)31/h2-17,29H,18H2,1H3,(H2,27,31). The average Bonchev–Trinajstić information content (AvgIpc) is 2.84. The highest BCUT2D eigenvalue weighted by Crippen LogP contribution is 2.26. The molecule has 7 nitrogen and oxygen atoms in total. The van der Waals surface area contributed by atoms with Gasteiger partial charge in [0, 0.05) is 36.8 Å². The number of hydrogen-bond acceptors (Lipinski definition) is 6. The van der Waals surface area contributed by atoms with Gasteiger partial charge in [-0.05, 0) is 54.6 Å². The molecular formula is C26H24N4O3. The number of carbonyl (C=O) groups is 1. The van der Waals surface area contributed by atoms with E-state index in [0.717, 1.165) is 22.9 Å². The normalized spacial score (nSPS) is 10.3. The van der Waals surface area contributed by atoms with Gasteiger partial charge in [-0.2, -0.15) is 0 Å². The number of benzene rings is 3. The van der Waals surface area contributed by atoms with Crippen molar-refractivity contribution in [2.75, 3.05) is 23.9 Å². The monoisotopic (exact) mass is 440 g/mol. The van der Waals surface area contributed by atoms with Crippen LogP contribution in [-0.4, -0.2) is 24.6 Å². The van der Waals surface area contributed by atoms with Crippen LogP contribution in [0.4, 0.5) is 11.4 Å². The molecule has 4 rings (SSSR count). The molecule has 166 valence electrons. The largest absolute Gasteiger partial charge is 0.457 e. The van der Waals surface area contributed by atoms with Crippen molar-refractivity contribution in [2.24, 2.45) is 5.73 Å². The van der Waals surface area contributed by atoms with Crippen LogP contribution in [0.3, 0.4) is 0 Å². The number of aromatic nitrogens is 1. The lowest BCUT2D eigenvalue weighted by Crippen LogP contribution is -2.24. The Morgan fingerprint density at radius 2 is 1.52 bits per heavy atom. The predicted octanol–water partition coefficient (Wildman–Crippen LogP) is 5.27. The van der Waals surface area contributed by atoms with Gasteiger partial charge in [0.05, 0.1) is 6.67 Å². The Labute approximate surface area is 192 Å². The smallest absolute Gasteiger partial charge is 0.267 e. The Balaban J connectivity index is 1.33. The molecule has 0 bridgehead atoms. The molecule has 33 heavy (non-hydrogen) atoms. The van der Waals surface area contributed by atoms with E-state index in [-0.39, 0.29) is 5.69 Å². The topological polar surface area (TPSA) is 89.7 Å². The molecule has 0 saturated heterocycles. The average molecular weight is 441 g/mol. The number of nitrogens with one attached hydrogen (secondary N) is 1. The van der Waals surface area contributed by atoms with Crippen molar-refractivity contribution >= 4 is 17.3 Å². The van der Waals surface area contributed by atoms with Crippen molar-refractivity contribution < 1.29 is 14.3 Å². The quantitative estimate of drug-likeness (QED) is 0.345. The first-order valence-electron chi connectivity index (χ1n) is 10.4. The minimum atomic E-state index is -0.595. The van der Waals surface area contributed by atoms with Gasteiger partial charge in [-0.3, -0.25) is 9.78 Å². The zero-order valence-electron chi connectivity index (χ0n) is 18.1. The van der Waals surface area contributed by atoms with E-state index in [1.165, 1.54) is 12.3 Å². The summed E-state index contributed by atoms with van der Waals surface area (Å²) in [6.45, 7) is 0.599. The van der Waals surface area contributed by atoms with Gasteiger partial charge in [0.1, 0.15) is 28.7 Å². The number of para-hydroxylation sites is 1. The third-order valence-electron chi connectivity index (χ3n) is 4.83. The molecule has 4 aromatic rings. The summed E-state index contributed by atoms with van der Waals surface area (Å²) in [5.74, 6) is 2.12. The van der Waals surface area contributed by atoms with Gasteiger partial charge >= 0.3 is 0 Å². The van der Waals surface area contributed by atoms with E-state index in [4.69, 9.17) is 15.2 Å². The fourth-order valence-electron chi connectivity index (χ4n) is 3.11. The first kappa shape index (κ1) is 21.7. The molecule has 0 spiro atoms. The fourth-order valence-corrected chi connectivity index (χ4v) is 3.11. The summed E-state index contributed by atoms with van der Waals surface area (Å²) in [6.07, 6.45) is 1.49. The fraction of sp³-hybridized carbons (Fsp3) is 0.0769. The number of nitrogens with zero attached hydrogens (tertiary/aromatic N) is 2. The summed E-state index contributed by atoms with van der Waals surface area (Å²) in [5.41, 5.74) is 7.40. The summed E-state index contributed by atoms with van der Waals surface area (Å²) in [6, 6.07) is 28.4. The van der Waals surface area contributed by atoms with Gasteiger partial charge in [0.25, 0.3) is 5.91 Å². The van der Waals surface area contributed by atoms with E-state index in [1.807, 2.05) is 85.9 Å². The van der Waals surface area contributed by atoms with Crippen molar-refractivity contribution in [3.63, 3.8) is 0 Å². The molecule has 0 atom stereocenters. The Kier molecular flexibility index (Phi) is 6.70. The van der Waals surface area contributed by atoms with Crippen LogP contribution in [0.25, 0.3) is 0 Å². The Morgan fingerprint density at radius 1 is 0.848 bits per heavy atom. The van der Waals surface area contributed by atoms with Crippen LogP contribution in [0.5, 0.6) is 23.0 Å². The minimum absolute atomic E-state index is 0.160. The van der Waals surface area contributed by atoms with E-state index in [2.05, 4.69) is 15.2 Å². The number of carbonyl (C=O) groups excluding carboxylic acids is 1. The van der Waals surface area contributed by atoms with E-state index in [9.17, 15) is 4.79 Å².